The summed E-state index contributed by atoms with van der Waals surface area (Å²) in [5, 5.41) is 3.61. The first-order valence-corrected chi connectivity index (χ1v) is 13.7. The van der Waals surface area contributed by atoms with E-state index in [0.29, 0.717) is 28.7 Å². The summed E-state index contributed by atoms with van der Waals surface area (Å²) in [6.45, 7) is 4.44. The molecule has 39 heavy (non-hydrogen) atoms. The average molecular weight is 543 g/mol. The molecule has 0 radical (unpaired) electrons. The topological polar surface area (TPSA) is 86.7 Å². The van der Waals surface area contributed by atoms with Gasteiger partial charge in [0, 0.05) is 25.8 Å². The molecule has 2 aromatic carbocycles. The molecule has 8 nitrogen and oxygen atoms in total. The number of carbonyl (C=O) groups excluding carboxylic acids is 1. The molecule has 1 aliphatic rings. The molecule has 1 aliphatic carbocycles. The third-order valence-electron chi connectivity index (χ3n) is 8.10. The molecule has 1 N–H and O–H groups in total. The highest BCUT2D eigenvalue weighted by atomic mass is 35.5. The molecule has 1 saturated carbocycles. The van der Waals surface area contributed by atoms with Crippen LogP contribution in [0.5, 0.6) is 0 Å². The summed E-state index contributed by atoms with van der Waals surface area (Å²) in [6.07, 6.45) is 5.16. The number of nitrogens with zero attached hydrogens (tertiary/aromatic N) is 5. The minimum atomic E-state index is -0.133. The molecule has 3 aromatic heterocycles. The third kappa shape index (κ3) is 4.63. The standard InChI is InChI=1S/C30H31ClN6O2/c1-18-24(14-21(31)16-32-18)29(38)34-22-10-8-20(9-11-22)17-36-26-6-4-5-7-27(26)37(30(36)39)23-12-13-25-28(15-23)35(3)19(2)33-25/h4-7,12-16,20,22H,8-11,17H2,1-3H3,(H,34,38). The van der Waals surface area contributed by atoms with Crippen molar-refractivity contribution < 1.29 is 4.79 Å². The van der Waals surface area contributed by atoms with Gasteiger partial charge >= 0.3 is 5.69 Å². The predicted molar refractivity (Wildman–Crippen MR) is 154 cm³/mol. The van der Waals surface area contributed by atoms with E-state index >= 15 is 0 Å². The van der Waals surface area contributed by atoms with Crippen LogP contribution < -0.4 is 11.0 Å². The maximum Gasteiger partial charge on any atom is 0.333 e. The monoisotopic (exact) mass is 542 g/mol. The first-order valence-electron chi connectivity index (χ1n) is 13.4. The lowest BCUT2D eigenvalue weighted by molar-refractivity contribution is 0.0919. The van der Waals surface area contributed by atoms with Gasteiger partial charge in [0.1, 0.15) is 5.82 Å². The number of rotatable bonds is 5. The van der Waals surface area contributed by atoms with Crippen LogP contribution in [0.1, 0.15) is 47.6 Å². The normalized spacial score (nSPS) is 17.6. The lowest BCUT2D eigenvalue weighted by Crippen LogP contribution is -2.39. The second kappa shape index (κ2) is 10.0. The minimum absolute atomic E-state index is 0.0335. The Morgan fingerprint density at radius 3 is 2.54 bits per heavy atom. The number of nitrogens with one attached hydrogen (secondary N) is 1. The molecular weight excluding hydrogens is 512 g/mol. The zero-order chi connectivity index (χ0) is 27.3. The summed E-state index contributed by atoms with van der Waals surface area (Å²) in [7, 11) is 1.99. The van der Waals surface area contributed by atoms with Gasteiger partial charge in [-0.2, -0.15) is 0 Å². The van der Waals surface area contributed by atoms with E-state index in [0.717, 1.165) is 59.3 Å². The molecule has 6 rings (SSSR count). The lowest BCUT2D eigenvalue weighted by Gasteiger charge is -2.29. The molecule has 0 bridgehead atoms. The van der Waals surface area contributed by atoms with Gasteiger partial charge in [-0.25, -0.2) is 9.78 Å². The minimum Gasteiger partial charge on any atom is -0.349 e. The molecule has 200 valence electrons. The number of fused-ring (bicyclic) bond motifs is 2. The van der Waals surface area contributed by atoms with Crippen LogP contribution in [0.2, 0.25) is 5.02 Å². The van der Waals surface area contributed by atoms with Gasteiger partial charge in [-0.3, -0.25) is 18.9 Å². The van der Waals surface area contributed by atoms with Crippen LogP contribution in [-0.2, 0) is 13.6 Å². The summed E-state index contributed by atoms with van der Waals surface area (Å²) in [4.78, 5) is 35.5. The molecule has 0 spiro atoms. The van der Waals surface area contributed by atoms with Gasteiger partial charge in [0.25, 0.3) is 5.91 Å². The Balaban J connectivity index is 1.22. The number of amides is 1. The van der Waals surface area contributed by atoms with Crippen LogP contribution in [0.25, 0.3) is 27.8 Å². The van der Waals surface area contributed by atoms with Crippen molar-refractivity contribution in [3.63, 3.8) is 0 Å². The van der Waals surface area contributed by atoms with Crippen molar-refractivity contribution in [2.24, 2.45) is 13.0 Å². The van der Waals surface area contributed by atoms with E-state index in [1.165, 1.54) is 0 Å². The van der Waals surface area contributed by atoms with Gasteiger partial charge in [-0.05, 0) is 81.8 Å². The van der Waals surface area contributed by atoms with E-state index in [1.807, 2.05) is 77.1 Å². The van der Waals surface area contributed by atoms with Crippen molar-refractivity contribution in [2.75, 3.05) is 0 Å². The number of hydrogen-bond acceptors (Lipinski definition) is 4. The molecule has 0 unspecified atom stereocenters. The number of carbonyl (C=O) groups is 1. The van der Waals surface area contributed by atoms with Gasteiger partial charge in [0.2, 0.25) is 0 Å². The first kappa shape index (κ1) is 25.4. The van der Waals surface area contributed by atoms with Crippen molar-refractivity contribution in [3.8, 4) is 5.69 Å². The molecule has 0 atom stereocenters. The summed E-state index contributed by atoms with van der Waals surface area (Å²) >= 11 is 6.05. The fraction of sp³-hybridized carbons (Fsp3) is 0.333. The number of pyridine rings is 1. The summed E-state index contributed by atoms with van der Waals surface area (Å²) in [6, 6.07) is 15.7. The van der Waals surface area contributed by atoms with Gasteiger partial charge in [0.05, 0.1) is 44.0 Å². The number of halogens is 1. The van der Waals surface area contributed by atoms with Crippen molar-refractivity contribution in [1.82, 2.24) is 29.0 Å². The quantitative estimate of drug-likeness (QED) is 0.325. The van der Waals surface area contributed by atoms with E-state index in [4.69, 9.17) is 11.6 Å². The largest absolute Gasteiger partial charge is 0.349 e. The maximum absolute atomic E-state index is 13.8. The second-order valence-electron chi connectivity index (χ2n) is 10.6. The van der Waals surface area contributed by atoms with Crippen LogP contribution in [0.3, 0.4) is 0 Å². The second-order valence-corrected chi connectivity index (χ2v) is 11.0. The van der Waals surface area contributed by atoms with Crippen molar-refractivity contribution in [3.05, 3.63) is 87.3 Å². The summed E-state index contributed by atoms with van der Waals surface area (Å²) < 4.78 is 5.77. The zero-order valence-corrected chi connectivity index (χ0v) is 23.1. The van der Waals surface area contributed by atoms with Crippen molar-refractivity contribution in [2.45, 2.75) is 52.1 Å². The number of benzene rings is 2. The highest BCUT2D eigenvalue weighted by Gasteiger charge is 2.26. The maximum atomic E-state index is 13.8. The Labute approximate surface area is 231 Å². The molecule has 5 aromatic rings. The van der Waals surface area contributed by atoms with E-state index < -0.39 is 0 Å². The zero-order valence-electron chi connectivity index (χ0n) is 22.3. The van der Waals surface area contributed by atoms with Crippen LogP contribution in [0, 0.1) is 19.8 Å². The molecule has 0 saturated heterocycles. The average Bonchev–Trinajstić information content (AvgIpc) is 3.38. The number of hydrogen-bond donors (Lipinski definition) is 1. The molecule has 1 fully saturated rings. The molecule has 3 heterocycles. The molecular formula is C30H31ClN6O2. The van der Waals surface area contributed by atoms with Gasteiger partial charge in [-0.1, -0.05) is 23.7 Å². The summed E-state index contributed by atoms with van der Waals surface area (Å²) in [5.74, 6) is 1.15. The Bertz CT molecular complexity index is 1770. The Morgan fingerprint density at radius 1 is 1.03 bits per heavy atom. The predicted octanol–water partition coefficient (Wildman–Crippen LogP) is 5.33. The van der Waals surface area contributed by atoms with Gasteiger partial charge < -0.3 is 9.88 Å². The number of imidazole rings is 2. The van der Waals surface area contributed by atoms with Crippen molar-refractivity contribution >= 4 is 39.6 Å². The highest BCUT2D eigenvalue weighted by molar-refractivity contribution is 6.30. The van der Waals surface area contributed by atoms with Crippen LogP contribution >= 0.6 is 11.6 Å². The Hall–Kier alpha value is -3.91. The van der Waals surface area contributed by atoms with Gasteiger partial charge in [0.15, 0.2) is 0 Å². The van der Waals surface area contributed by atoms with E-state index in [2.05, 4.69) is 15.3 Å². The van der Waals surface area contributed by atoms with Crippen LogP contribution in [-0.4, -0.2) is 35.6 Å². The van der Waals surface area contributed by atoms with Crippen LogP contribution in [0.15, 0.2) is 59.5 Å². The van der Waals surface area contributed by atoms with Crippen LogP contribution in [0.4, 0.5) is 0 Å². The van der Waals surface area contributed by atoms with Gasteiger partial charge in [-0.15, -0.1) is 0 Å². The first-order chi connectivity index (χ1) is 18.8. The molecule has 9 heteroatoms. The smallest absolute Gasteiger partial charge is 0.333 e. The number of aromatic nitrogens is 5. The van der Waals surface area contributed by atoms with E-state index in [1.54, 1.807) is 12.3 Å². The van der Waals surface area contributed by atoms with E-state index in [-0.39, 0.29) is 17.6 Å². The molecule has 1 amide bonds. The summed E-state index contributed by atoms with van der Waals surface area (Å²) in [5.41, 5.74) is 5.73. The number of aryl methyl sites for hydroxylation is 3. The lowest BCUT2D eigenvalue weighted by atomic mass is 9.85. The van der Waals surface area contributed by atoms with E-state index in [9.17, 15) is 9.59 Å². The highest BCUT2D eigenvalue weighted by Crippen LogP contribution is 2.28. The fourth-order valence-electron chi connectivity index (χ4n) is 5.82. The SMILES string of the molecule is Cc1ncc(Cl)cc1C(=O)NC1CCC(Cn2c(=O)n(-c3ccc4nc(C)n(C)c4c3)c3ccccc32)CC1. The molecule has 0 aliphatic heterocycles. The number of para-hydroxylation sites is 2. The Morgan fingerprint density at radius 2 is 1.77 bits per heavy atom. The third-order valence-corrected chi connectivity index (χ3v) is 8.31. The Kier molecular flexibility index (Phi) is 6.51. The van der Waals surface area contributed by atoms with Crippen molar-refractivity contribution in [1.29, 1.82) is 0 Å². The fourth-order valence-corrected chi connectivity index (χ4v) is 5.98.